The highest BCUT2D eigenvalue weighted by atomic mass is 16.6. The summed E-state index contributed by atoms with van der Waals surface area (Å²) in [6, 6.07) is 4.48. The molecule has 1 aliphatic heterocycles. The Labute approximate surface area is 158 Å². The number of anilines is 1. The summed E-state index contributed by atoms with van der Waals surface area (Å²) in [7, 11) is 0. The molecule has 1 atom stereocenters. The van der Waals surface area contributed by atoms with Crippen LogP contribution in [0, 0.1) is 5.92 Å². The largest absolute Gasteiger partial charge is 0.443 e. The normalized spacial score (nSPS) is 18.6. The van der Waals surface area contributed by atoms with Gasteiger partial charge in [-0.25, -0.2) is 9.78 Å². The van der Waals surface area contributed by atoms with E-state index in [0.29, 0.717) is 17.8 Å². The van der Waals surface area contributed by atoms with Crippen LogP contribution in [-0.2, 0) is 4.74 Å². The Morgan fingerprint density at radius 2 is 2.00 bits per heavy atom. The summed E-state index contributed by atoms with van der Waals surface area (Å²) in [5.74, 6) is 1.30. The molecule has 1 aromatic rings. The minimum Gasteiger partial charge on any atom is -0.443 e. The predicted octanol–water partition coefficient (Wildman–Crippen LogP) is 5.02. The number of carbonyl (C=O) groups excluding carboxylic acids is 1. The van der Waals surface area contributed by atoms with Crippen LogP contribution >= 0.6 is 0 Å². The molecule has 26 heavy (non-hydrogen) atoms. The molecule has 1 saturated heterocycles. The number of carbonyl (C=O) groups is 1. The number of rotatable bonds is 5. The summed E-state index contributed by atoms with van der Waals surface area (Å²) >= 11 is 0. The van der Waals surface area contributed by atoms with Gasteiger partial charge in [-0.3, -0.25) is 9.80 Å². The van der Waals surface area contributed by atoms with Crippen LogP contribution in [-0.4, -0.2) is 40.7 Å². The number of ether oxygens (including phenoxy) is 1. The van der Waals surface area contributed by atoms with Gasteiger partial charge in [0, 0.05) is 24.8 Å². The first kappa shape index (κ1) is 20.7. The number of hydrogen-bond donors (Lipinski definition) is 0. The molecule has 0 spiro atoms. The van der Waals surface area contributed by atoms with Crippen molar-refractivity contribution >= 4 is 11.9 Å². The summed E-state index contributed by atoms with van der Waals surface area (Å²) in [5.41, 5.74) is 0.713. The molecule has 0 N–H and O–H groups in total. The van der Waals surface area contributed by atoms with Gasteiger partial charge in [0.1, 0.15) is 11.4 Å². The van der Waals surface area contributed by atoms with E-state index in [0.717, 1.165) is 13.1 Å². The molecule has 0 aliphatic carbocycles. The zero-order valence-corrected chi connectivity index (χ0v) is 17.5. The van der Waals surface area contributed by atoms with Crippen molar-refractivity contribution in [3.8, 4) is 0 Å². The van der Waals surface area contributed by atoms with Crippen molar-refractivity contribution in [2.45, 2.75) is 79.0 Å². The Balaban J connectivity index is 2.17. The van der Waals surface area contributed by atoms with Crippen LogP contribution in [0.15, 0.2) is 18.3 Å². The van der Waals surface area contributed by atoms with E-state index in [-0.39, 0.29) is 12.1 Å². The Morgan fingerprint density at radius 3 is 2.50 bits per heavy atom. The molecule has 1 fully saturated rings. The van der Waals surface area contributed by atoms with E-state index in [1.807, 2.05) is 46.9 Å². The smallest absolute Gasteiger partial charge is 0.416 e. The van der Waals surface area contributed by atoms with Crippen molar-refractivity contribution in [2.75, 3.05) is 18.0 Å². The Hall–Kier alpha value is -1.62. The van der Waals surface area contributed by atoms with Gasteiger partial charge >= 0.3 is 6.09 Å². The fourth-order valence-electron chi connectivity index (χ4n) is 3.51. The van der Waals surface area contributed by atoms with Gasteiger partial charge in [0.05, 0.1) is 0 Å². The highest BCUT2D eigenvalue weighted by Crippen LogP contribution is 2.33. The van der Waals surface area contributed by atoms with E-state index in [2.05, 4.69) is 29.8 Å². The van der Waals surface area contributed by atoms with Gasteiger partial charge in [0.2, 0.25) is 0 Å². The van der Waals surface area contributed by atoms with Crippen LogP contribution in [0.3, 0.4) is 0 Å². The summed E-state index contributed by atoms with van der Waals surface area (Å²) in [4.78, 5) is 21.4. The number of hydrogen-bond acceptors (Lipinski definition) is 4. The van der Waals surface area contributed by atoms with E-state index in [9.17, 15) is 4.79 Å². The molecule has 1 aliphatic rings. The highest BCUT2D eigenvalue weighted by Gasteiger charge is 2.29. The molecule has 0 radical (unpaired) electrons. The van der Waals surface area contributed by atoms with Crippen LogP contribution < -0.4 is 4.90 Å². The third-order valence-corrected chi connectivity index (χ3v) is 4.47. The third-order valence-electron chi connectivity index (χ3n) is 4.47. The van der Waals surface area contributed by atoms with Crippen molar-refractivity contribution < 1.29 is 9.53 Å². The molecule has 0 aromatic carbocycles. The lowest BCUT2D eigenvalue weighted by molar-refractivity contribution is 0.0569. The van der Waals surface area contributed by atoms with Gasteiger partial charge in [0.25, 0.3) is 0 Å². The van der Waals surface area contributed by atoms with E-state index < -0.39 is 5.60 Å². The summed E-state index contributed by atoms with van der Waals surface area (Å²) in [5, 5.41) is 0. The van der Waals surface area contributed by atoms with E-state index in [1.165, 1.54) is 18.4 Å². The summed E-state index contributed by atoms with van der Waals surface area (Å²) < 4.78 is 5.55. The number of nitrogens with zero attached hydrogens (tertiary/aromatic N) is 3. The van der Waals surface area contributed by atoms with Crippen LogP contribution in [0.1, 0.15) is 72.9 Å². The average Bonchev–Trinajstić information content (AvgIpc) is 2.93. The minimum atomic E-state index is -0.522. The Kier molecular flexibility index (Phi) is 6.67. The van der Waals surface area contributed by atoms with Gasteiger partial charge in [-0.05, 0) is 71.6 Å². The third kappa shape index (κ3) is 5.44. The van der Waals surface area contributed by atoms with Crippen LogP contribution in [0.25, 0.3) is 0 Å². The molecule has 1 aromatic heterocycles. The van der Waals surface area contributed by atoms with E-state index in [1.54, 1.807) is 4.90 Å². The lowest BCUT2D eigenvalue weighted by atomic mass is 10.1. The number of amides is 1. The van der Waals surface area contributed by atoms with Crippen LogP contribution in [0.5, 0.6) is 0 Å². The van der Waals surface area contributed by atoms with Crippen molar-refractivity contribution in [1.29, 1.82) is 0 Å². The Bertz CT molecular complexity index is 590. The second kappa shape index (κ2) is 8.38. The second-order valence-corrected chi connectivity index (χ2v) is 8.94. The van der Waals surface area contributed by atoms with Crippen molar-refractivity contribution in [3.63, 3.8) is 0 Å². The van der Waals surface area contributed by atoms with E-state index in [4.69, 9.17) is 4.74 Å². The first-order valence-electron chi connectivity index (χ1n) is 9.80. The number of pyridine rings is 1. The maximum absolute atomic E-state index is 12.6. The standard InChI is InChI=1S/C21H35N3O2/c1-15(2)14-23-12-8-9-18(23)17-10-11-19(22-13-17)24(16(3)4)20(25)26-21(5,6)7/h10-11,13,15-16,18H,8-9,12,14H2,1-7H3/t18-/m0/s1. The molecule has 146 valence electrons. The molecule has 5 heteroatoms. The lowest BCUT2D eigenvalue weighted by Crippen LogP contribution is -2.41. The maximum atomic E-state index is 12.6. The molecule has 1 amide bonds. The molecule has 2 rings (SSSR count). The molecular weight excluding hydrogens is 326 g/mol. The second-order valence-electron chi connectivity index (χ2n) is 8.94. The first-order valence-corrected chi connectivity index (χ1v) is 9.80. The Morgan fingerprint density at radius 1 is 1.31 bits per heavy atom. The van der Waals surface area contributed by atoms with Crippen molar-refractivity contribution in [2.24, 2.45) is 5.92 Å². The first-order chi connectivity index (χ1) is 12.1. The fraction of sp³-hybridized carbons (Fsp3) is 0.714. The average molecular weight is 362 g/mol. The topological polar surface area (TPSA) is 45.7 Å². The predicted molar refractivity (Wildman–Crippen MR) is 106 cm³/mol. The van der Waals surface area contributed by atoms with Crippen molar-refractivity contribution in [1.82, 2.24) is 9.88 Å². The lowest BCUT2D eigenvalue weighted by Gasteiger charge is -2.30. The number of likely N-dealkylation sites (tertiary alicyclic amines) is 1. The highest BCUT2D eigenvalue weighted by molar-refractivity contribution is 5.87. The van der Waals surface area contributed by atoms with Crippen LogP contribution in [0.2, 0.25) is 0 Å². The molecule has 2 heterocycles. The zero-order valence-electron chi connectivity index (χ0n) is 17.5. The molecule has 5 nitrogen and oxygen atoms in total. The van der Waals surface area contributed by atoms with Gasteiger partial charge in [0.15, 0.2) is 0 Å². The number of aromatic nitrogens is 1. The van der Waals surface area contributed by atoms with E-state index >= 15 is 0 Å². The monoisotopic (exact) mass is 361 g/mol. The minimum absolute atomic E-state index is 0.0212. The van der Waals surface area contributed by atoms with Gasteiger partial charge < -0.3 is 4.74 Å². The molecule has 0 bridgehead atoms. The zero-order chi connectivity index (χ0) is 19.5. The summed E-state index contributed by atoms with van der Waals surface area (Å²) in [6.07, 6.45) is 3.98. The summed E-state index contributed by atoms with van der Waals surface area (Å²) in [6.45, 7) is 16.4. The SMILES string of the molecule is CC(C)CN1CCC[C@H]1c1ccc(N(C(=O)OC(C)(C)C)C(C)C)nc1. The molecule has 0 unspecified atom stereocenters. The van der Waals surface area contributed by atoms with Crippen molar-refractivity contribution in [3.05, 3.63) is 23.9 Å². The van der Waals surface area contributed by atoms with Crippen LogP contribution in [0.4, 0.5) is 10.6 Å². The van der Waals surface area contributed by atoms with Gasteiger partial charge in [-0.2, -0.15) is 0 Å². The quantitative estimate of drug-likeness (QED) is 0.738. The maximum Gasteiger partial charge on any atom is 0.416 e. The molecular formula is C21H35N3O2. The van der Waals surface area contributed by atoms with Gasteiger partial charge in [-0.15, -0.1) is 0 Å². The van der Waals surface area contributed by atoms with Gasteiger partial charge in [-0.1, -0.05) is 19.9 Å². The fourth-order valence-corrected chi connectivity index (χ4v) is 3.51. The molecule has 0 saturated carbocycles.